The predicted octanol–water partition coefficient (Wildman–Crippen LogP) is 3.08. The summed E-state index contributed by atoms with van der Waals surface area (Å²) in [5.74, 6) is 1.00. The minimum Gasteiger partial charge on any atom is -0.356 e. The van der Waals surface area contributed by atoms with Gasteiger partial charge in [0, 0.05) is 44.5 Å². The van der Waals surface area contributed by atoms with Gasteiger partial charge in [-0.25, -0.2) is 0 Å². The number of carbonyl (C=O) groups is 1. The second-order valence-corrected chi connectivity index (χ2v) is 7.97. The fourth-order valence-electron chi connectivity index (χ4n) is 3.60. The van der Waals surface area contributed by atoms with Crippen molar-refractivity contribution in [1.29, 1.82) is 0 Å². The van der Waals surface area contributed by atoms with Crippen LogP contribution >= 0.6 is 11.3 Å². The number of hydrogen-bond donors (Lipinski definition) is 2. The lowest BCUT2D eigenvalue weighted by Gasteiger charge is -2.27. The van der Waals surface area contributed by atoms with Crippen LogP contribution in [0.3, 0.4) is 0 Å². The molecule has 2 N–H and O–H groups in total. The van der Waals surface area contributed by atoms with Gasteiger partial charge in [-0.2, -0.15) is 0 Å². The van der Waals surface area contributed by atoms with E-state index in [4.69, 9.17) is 0 Å². The maximum absolute atomic E-state index is 12.4. The van der Waals surface area contributed by atoms with E-state index in [9.17, 15) is 4.79 Å². The van der Waals surface area contributed by atoms with E-state index >= 15 is 0 Å². The van der Waals surface area contributed by atoms with Gasteiger partial charge in [-0.15, -0.1) is 11.3 Å². The van der Waals surface area contributed by atoms with E-state index in [1.165, 1.54) is 36.1 Å². The molecule has 1 amide bonds. The number of nitrogens with zero attached hydrogens (tertiary/aromatic N) is 2. The average Bonchev–Trinajstić information content (AvgIpc) is 3.15. The molecule has 0 fully saturated rings. The second-order valence-electron chi connectivity index (χ2n) is 6.97. The largest absolute Gasteiger partial charge is 0.356 e. The summed E-state index contributed by atoms with van der Waals surface area (Å²) in [4.78, 5) is 20.1. The van der Waals surface area contributed by atoms with Crippen LogP contribution in [-0.2, 0) is 17.8 Å². The molecular weight excluding hydrogens is 344 g/mol. The van der Waals surface area contributed by atoms with E-state index in [1.807, 2.05) is 4.90 Å². The summed E-state index contributed by atoms with van der Waals surface area (Å²) in [5.41, 5.74) is 2.88. The molecule has 1 aliphatic heterocycles. The molecule has 0 unspecified atom stereocenters. The van der Waals surface area contributed by atoms with Crippen LogP contribution in [0.2, 0.25) is 0 Å². The van der Waals surface area contributed by atoms with Crippen LogP contribution in [-0.4, -0.2) is 43.4 Å². The second kappa shape index (κ2) is 9.76. The molecule has 0 radical (unpaired) electrons. The predicted molar refractivity (Wildman–Crippen MR) is 109 cm³/mol. The van der Waals surface area contributed by atoms with Gasteiger partial charge in [0.25, 0.3) is 0 Å². The molecule has 0 atom stereocenters. The minimum atomic E-state index is 0.220. The lowest BCUT2D eigenvalue weighted by Crippen LogP contribution is -2.41. The lowest BCUT2D eigenvalue weighted by atomic mass is 9.97. The molecular formula is C20H30N4OS. The molecule has 0 bridgehead atoms. The molecule has 26 heavy (non-hydrogen) atoms. The molecule has 0 spiro atoms. The maximum Gasteiger partial charge on any atom is 0.224 e. The Bertz CT molecular complexity index is 665. The van der Waals surface area contributed by atoms with E-state index < -0.39 is 0 Å². The molecule has 2 heterocycles. The first-order valence-corrected chi connectivity index (χ1v) is 10.6. The highest BCUT2D eigenvalue weighted by atomic mass is 32.1. The van der Waals surface area contributed by atoms with Gasteiger partial charge in [0.2, 0.25) is 5.91 Å². The molecule has 0 aromatic carbocycles. The number of carbonyl (C=O) groups excluding carboxylic acids is 1. The molecule has 1 aromatic heterocycles. The van der Waals surface area contributed by atoms with E-state index in [0.29, 0.717) is 13.0 Å². The number of aliphatic imine (C=N–C) groups is 1. The zero-order valence-corrected chi connectivity index (χ0v) is 16.5. The van der Waals surface area contributed by atoms with E-state index in [2.05, 4.69) is 33.1 Å². The number of allylic oxidation sites excluding steroid dienone is 1. The quantitative estimate of drug-likeness (QED) is 0.457. The van der Waals surface area contributed by atoms with Crippen molar-refractivity contribution < 1.29 is 4.79 Å². The van der Waals surface area contributed by atoms with Crippen molar-refractivity contribution in [2.24, 2.45) is 4.99 Å². The van der Waals surface area contributed by atoms with Crippen LogP contribution in [0.5, 0.6) is 0 Å². The number of rotatable bonds is 6. The summed E-state index contributed by atoms with van der Waals surface area (Å²) >= 11 is 1.80. The average molecular weight is 375 g/mol. The summed E-state index contributed by atoms with van der Waals surface area (Å²) < 4.78 is 0. The van der Waals surface area contributed by atoms with Gasteiger partial charge < -0.3 is 15.5 Å². The van der Waals surface area contributed by atoms with Gasteiger partial charge in [0.05, 0.1) is 0 Å². The van der Waals surface area contributed by atoms with Gasteiger partial charge >= 0.3 is 0 Å². The Hall–Kier alpha value is -1.82. The number of guanidine groups is 1. The van der Waals surface area contributed by atoms with Gasteiger partial charge in [0.15, 0.2) is 5.96 Å². The Morgan fingerprint density at radius 1 is 1.27 bits per heavy atom. The standard InChI is InChI=1S/C20H30N4OS/c1-21-20(22-11-7-16-5-3-2-4-6-16)23-12-8-19(25)24-13-9-18-17(15-24)10-14-26-18/h5,10,14H,2-4,6-9,11-13,15H2,1H3,(H2,21,22,23). The fourth-order valence-corrected chi connectivity index (χ4v) is 4.49. The summed E-state index contributed by atoms with van der Waals surface area (Å²) in [6.45, 7) is 3.12. The zero-order chi connectivity index (χ0) is 18.2. The van der Waals surface area contributed by atoms with Crippen LogP contribution in [0.4, 0.5) is 0 Å². The van der Waals surface area contributed by atoms with Gasteiger partial charge in [-0.05, 0) is 55.5 Å². The fraction of sp³-hybridized carbons (Fsp3) is 0.600. The number of amides is 1. The third-order valence-corrected chi connectivity index (χ3v) is 6.16. The summed E-state index contributed by atoms with van der Waals surface area (Å²) in [6, 6.07) is 2.14. The van der Waals surface area contributed by atoms with Gasteiger partial charge in [0.1, 0.15) is 0 Å². The molecule has 2 aliphatic rings. The number of fused-ring (bicyclic) bond motifs is 1. The van der Waals surface area contributed by atoms with Crippen LogP contribution in [0, 0.1) is 0 Å². The Kier molecular flexibility index (Phi) is 7.12. The highest BCUT2D eigenvalue weighted by Crippen LogP contribution is 2.24. The summed E-state index contributed by atoms with van der Waals surface area (Å²) in [5, 5.41) is 8.74. The Morgan fingerprint density at radius 3 is 2.96 bits per heavy atom. The first-order chi connectivity index (χ1) is 12.8. The zero-order valence-electron chi connectivity index (χ0n) is 15.7. The van der Waals surface area contributed by atoms with Crippen molar-refractivity contribution in [3.63, 3.8) is 0 Å². The molecule has 0 saturated carbocycles. The molecule has 6 heteroatoms. The first kappa shape index (κ1) is 19.0. The molecule has 5 nitrogen and oxygen atoms in total. The van der Waals surface area contributed by atoms with Crippen molar-refractivity contribution in [2.75, 3.05) is 26.7 Å². The smallest absolute Gasteiger partial charge is 0.224 e. The van der Waals surface area contributed by atoms with Crippen LogP contribution < -0.4 is 10.6 Å². The van der Waals surface area contributed by atoms with Crippen LogP contribution in [0.1, 0.15) is 49.0 Å². The number of hydrogen-bond acceptors (Lipinski definition) is 3. The van der Waals surface area contributed by atoms with Crippen molar-refractivity contribution in [3.8, 4) is 0 Å². The monoisotopic (exact) mass is 374 g/mol. The molecule has 1 aliphatic carbocycles. The summed E-state index contributed by atoms with van der Waals surface area (Å²) in [7, 11) is 1.78. The van der Waals surface area contributed by atoms with E-state index in [1.54, 1.807) is 24.0 Å². The van der Waals surface area contributed by atoms with Gasteiger partial charge in [-0.3, -0.25) is 9.79 Å². The van der Waals surface area contributed by atoms with Crippen LogP contribution in [0.15, 0.2) is 28.1 Å². The maximum atomic E-state index is 12.4. The van der Waals surface area contributed by atoms with Crippen molar-refractivity contribution in [3.05, 3.63) is 33.5 Å². The first-order valence-electron chi connectivity index (χ1n) is 9.71. The van der Waals surface area contributed by atoms with Gasteiger partial charge in [-0.1, -0.05) is 11.6 Å². The third-order valence-electron chi connectivity index (χ3n) is 5.14. The Balaban J connectivity index is 1.34. The minimum absolute atomic E-state index is 0.220. The Labute approximate surface area is 160 Å². The van der Waals surface area contributed by atoms with Crippen LogP contribution in [0.25, 0.3) is 0 Å². The van der Waals surface area contributed by atoms with Crippen molar-refractivity contribution in [1.82, 2.24) is 15.5 Å². The normalized spacial score (nSPS) is 17.5. The molecule has 0 saturated heterocycles. The van der Waals surface area contributed by atoms with Crippen molar-refractivity contribution >= 4 is 23.2 Å². The Morgan fingerprint density at radius 2 is 2.15 bits per heavy atom. The summed E-state index contributed by atoms with van der Waals surface area (Å²) in [6.07, 6.45) is 10.1. The number of nitrogens with one attached hydrogen (secondary N) is 2. The molecule has 142 valence electrons. The lowest BCUT2D eigenvalue weighted by molar-refractivity contribution is -0.131. The highest BCUT2D eigenvalue weighted by molar-refractivity contribution is 7.10. The SMILES string of the molecule is CN=C(NCCC(=O)N1CCc2sccc2C1)NCCC1=CCCCC1. The number of thiophene rings is 1. The van der Waals surface area contributed by atoms with Crippen molar-refractivity contribution in [2.45, 2.75) is 51.5 Å². The molecule has 3 rings (SSSR count). The third kappa shape index (κ3) is 5.34. The molecule has 1 aromatic rings. The van der Waals surface area contributed by atoms with E-state index in [0.717, 1.165) is 38.4 Å². The topological polar surface area (TPSA) is 56.7 Å². The highest BCUT2D eigenvalue weighted by Gasteiger charge is 2.20. The van der Waals surface area contributed by atoms with E-state index in [-0.39, 0.29) is 5.91 Å².